The largest absolute Gasteiger partial charge is 0.376 e. The van der Waals surface area contributed by atoms with E-state index in [2.05, 4.69) is 65.8 Å². The van der Waals surface area contributed by atoms with Crippen molar-refractivity contribution in [3.63, 3.8) is 0 Å². The van der Waals surface area contributed by atoms with Crippen LogP contribution in [0, 0.1) is 17.4 Å². The Balaban J connectivity index is 2.92. The third kappa shape index (κ3) is 2.97. The van der Waals surface area contributed by atoms with Crippen molar-refractivity contribution in [3.05, 3.63) is 26.8 Å². The van der Waals surface area contributed by atoms with Crippen molar-refractivity contribution < 1.29 is 0 Å². The molecule has 0 heterocycles. The van der Waals surface area contributed by atoms with Crippen molar-refractivity contribution >= 4 is 34.6 Å². The van der Waals surface area contributed by atoms with Gasteiger partial charge in [0.15, 0.2) is 0 Å². The molecule has 2 nitrogen and oxygen atoms in total. The van der Waals surface area contributed by atoms with Gasteiger partial charge in [0, 0.05) is 10.1 Å². The average Bonchev–Trinajstić information content (AvgIpc) is 2.14. The van der Waals surface area contributed by atoms with Gasteiger partial charge in [0.2, 0.25) is 0 Å². The fourth-order valence-corrected chi connectivity index (χ4v) is 1.73. The van der Waals surface area contributed by atoms with Crippen LogP contribution < -0.4 is 5.32 Å². The first-order valence-corrected chi connectivity index (χ1v) is 5.75. The Hall–Kier alpha value is -0.580. The summed E-state index contributed by atoms with van der Waals surface area (Å²) in [6.07, 6.45) is 1.76. The topological polar surface area (TPSA) is 24.4 Å². The molecule has 0 unspecified atom stereocenters. The maximum absolute atomic E-state index is 4.36. The molecule has 0 aliphatic rings. The van der Waals surface area contributed by atoms with Gasteiger partial charge in [0.05, 0.1) is 12.0 Å². The number of aliphatic imine (C=N–C) groups is 1. The fourth-order valence-electron chi connectivity index (χ4n) is 1.11. The van der Waals surface area contributed by atoms with Gasteiger partial charge in [-0.15, -0.1) is 0 Å². The van der Waals surface area contributed by atoms with Crippen molar-refractivity contribution in [2.24, 2.45) is 4.99 Å². The maximum Gasteiger partial charge on any atom is 0.0886 e. The molecule has 0 bridgehead atoms. The molecule has 0 radical (unpaired) electrons. The summed E-state index contributed by atoms with van der Waals surface area (Å²) >= 11 is 2.34. The molecular formula is C11H15IN2. The van der Waals surface area contributed by atoms with E-state index in [9.17, 15) is 0 Å². The van der Waals surface area contributed by atoms with Crippen LogP contribution in [0.2, 0.25) is 0 Å². The van der Waals surface area contributed by atoms with Crippen LogP contribution in [0.15, 0.2) is 17.1 Å². The third-order valence-corrected chi connectivity index (χ3v) is 3.14. The van der Waals surface area contributed by atoms with E-state index in [0.717, 1.165) is 12.2 Å². The highest BCUT2D eigenvalue weighted by Gasteiger charge is 2.00. The van der Waals surface area contributed by atoms with Crippen molar-refractivity contribution in [1.29, 1.82) is 0 Å². The molecule has 0 aliphatic heterocycles. The van der Waals surface area contributed by atoms with E-state index in [0.29, 0.717) is 0 Å². The summed E-state index contributed by atoms with van der Waals surface area (Å²) in [5, 5.41) is 3.06. The molecule has 0 atom stereocenters. The van der Waals surface area contributed by atoms with E-state index in [4.69, 9.17) is 0 Å². The zero-order valence-electron chi connectivity index (χ0n) is 8.76. The van der Waals surface area contributed by atoms with Gasteiger partial charge in [-0.25, -0.2) is 4.99 Å². The summed E-state index contributed by atoms with van der Waals surface area (Å²) in [5.74, 6) is 0. The average molecular weight is 302 g/mol. The molecule has 0 fully saturated rings. The molecule has 1 aromatic rings. The summed E-state index contributed by atoms with van der Waals surface area (Å²) in [7, 11) is 0. The van der Waals surface area contributed by atoms with Gasteiger partial charge >= 0.3 is 0 Å². The van der Waals surface area contributed by atoms with Crippen LogP contribution >= 0.6 is 22.6 Å². The summed E-state index contributed by atoms with van der Waals surface area (Å²) in [4.78, 5) is 4.36. The minimum absolute atomic E-state index is 0.909. The second-order valence-electron chi connectivity index (χ2n) is 3.20. The molecule has 0 saturated heterocycles. The highest BCUT2D eigenvalue weighted by molar-refractivity contribution is 14.1. The normalized spacial score (nSPS) is 10.9. The number of hydrogen-bond acceptors (Lipinski definition) is 1. The molecule has 3 heteroatoms. The van der Waals surface area contributed by atoms with Crippen LogP contribution in [0.1, 0.15) is 18.1 Å². The number of aryl methyl sites for hydroxylation is 2. The van der Waals surface area contributed by atoms with Crippen LogP contribution in [-0.2, 0) is 0 Å². The monoisotopic (exact) mass is 302 g/mol. The van der Waals surface area contributed by atoms with E-state index in [1.807, 2.05) is 0 Å². The zero-order chi connectivity index (χ0) is 10.6. The number of hydrogen-bond donors (Lipinski definition) is 1. The Labute approximate surface area is 99.0 Å². The predicted octanol–water partition coefficient (Wildman–Crippen LogP) is 3.18. The Bertz CT molecular complexity index is 345. The minimum atomic E-state index is 0.909. The first-order valence-electron chi connectivity index (χ1n) is 4.67. The molecule has 1 aromatic carbocycles. The fraction of sp³-hybridized carbons (Fsp3) is 0.364. The Morgan fingerprint density at radius 1 is 1.36 bits per heavy atom. The van der Waals surface area contributed by atoms with Crippen LogP contribution in [0.5, 0.6) is 0 Å². The predicted molar refractivity (Wildman–Crippen MR) is 70.5 cm³/mol. The van der Waals surface area contributed by atoms with Gasteiger partial charge in [0.1, 0.15) is 0 Å². The Morgan fingerprint density at radius 3 is 2.71 bits per heavy atom. The lowest BCUT2D eigenvalue weighted by Crippen LogP contribution is -2.08. The molecule has 76 valence electrons. The van der Waals surface area contributed by atoms with Gasteiger partial charge in [-0.1, -0.05) is 0 Å². The van der Waals surface area contributed by atoms with E-state index in [1.165, 1.54) is 14.7 Å². The Kier molecular flexibility index (Phi) is 4.38. The van der Waals surface area contributed by atoms with Gasteiger partial charge in [-0.2, -0.15) is 0 Å². The highest BCUT2D eigenvalue weighted by Crippen LogP contribution is 2.23. The number of rotatable bonds is 3. The van der Waals surface area contributed by atoms with Crippen LogP contribution in [0.25, 0.3) is 0 Å². The smallest absolute Gasteiger partial charge is 0.0886 e. The summed E-state index contributed by atoms with van der Waals surface area (Å²) in [5.41, 5.74) is 3.54. The lowest BCUT2D eigenvalue weighted by Gasteiger charge is -2.04. The summed E-state index contributed by atoms with van der Waals surface area (Å²) in [6.45, 7) is 7.15. The lowest BCUT2D eigenvalue weighted by molar-refractivity contribution is 0.987. The standard InChI is InChI=1S/C11H15IN2/c1-4-13-7-14-11-6-8(2)10(12)5-9(11)3/h5-7H,4H2,1-3H3,(H,13,14). The van der Waals surface area contributed by atoms with Crippen molar-refractivity contribution in [2.75, 3.05) is 6.54 Å². The maximum atomic E-state index is 4.36. The van der Waals surface area contributed by atoms with Gasteiger partial charge in [-0.3, -0.25) is 0 Å². The number of nitrogens with one attached hydrogen (secondary N) is 1. The molecule has 0 saturated carbocycles. The third-order valence-electron chi connectivity index (χ3n) is 1.98. The first-order chi connectivity index (χ1) is 6.65. The summed E-state index contributed by atoms with van der Waals surface area (Å²) < 4.78 is 1.29. The van der Waals surface area contributed by atoms with Gasteiger partial charge < -0.3 is 5.32 Å². The molecule has 1 rings (SSSR count). The number of halogens is 1. The molecular weight excluding hydrogens is 287 g/mol. The highest BCUT2D eigenvalue weighted by atomic mass is 127. The van der Waals surface area contributed by atoms with E-state index in [1.54, 1.807) is 6.34 Å². The molecule has 1 N–H and O–H groups in total. The molecule has 0 spiro atoms. The summed E-state index contributed by atoms with van der Waals surface area (Å²) in [6, 6.07) is 4.28. The van der Waals surface area contributed by atoms with Crippen LogP contribution in [0.3, 0.4) is 0 Å². The minimum Gasteiger partial charge on any atom is -0.376 e. The van der Waals surface area contributed by atoms with Gasteiger partial charge in [-0.05, 0) is 66.6 Å². The number of nitrogens with zero attached hydrogens (tertiary/aromatic N) is 1. The van der Waals surface area contributed by atoms with E-state index >= 15 is 0 Å². The molecule has 0 aromatic heterocycles. The first kappa shape index (κ1) is 11.5. The zero-order valence-corrected chi connectivity index (χ0v) is 10.9. The van der Waals surface area contributed by atoms with Gasteiger partial charge in [0.25, 0.3) is 0 Å². The van der Waals surface area contributed by atoms with E-state index < -0.39 is 0 Å². The van der Waals surface area contributed by atoms with Crippen molar-refractivity contribution in [1.82, 2.24) is 5.32 Å². The Morgan fingerprint density at radius 2 is 2.07 bits per heavy atom. The molecule has 14 heavy (non-hydrogen) atoms. The second kappa shape index (κ2) is 5.34. The van der Waals surface area contributed by atoms with Crippen molar-refractivity contribution in [3.8, 4) is 0 Å². The quantitative estimate of drug-likeness (QED) is 0.518. The van der Waals surface area contributed by atoms with Crippen LogP contribution in [0.4, 0.5) is 5.69 Å². The SMILES string of the molecule is CCN/C=N/c1cc(C)c(I)cc1C. The molecule has 0 aliphatic carbocycles. The lowest BCUT2D eigenvalue weighted by atomic mass is 10.1. The molecule has 0 amide bonds. The number of benzene rings is 1. The second-order valence-corrected chi connectivity index (χ2v) is 4.37. The van der Waals surface area contributed by atoms with E-state index in [-0.39, 0.29) is 0 Å². The van der Waals surface area contributed by atoms with Crippen molar-refractivity contribution in [2.45, 2.75) is 20.8 Å². The van der Waals surface area contributed by atoms with Crippen LogP contribution in [-0.4, -0.2) is 12.9 Å².